The summed E-state index contributed by atoms with van der Waals surface area (Å²) in [5.41, 5.74) is 0.111. The molecule has 0 unspecified atom stereocenters. The molecule has 0 bridgehead atoms. The van der Waals surface area contributed by atoms with Crippen molar-refractivity contribution in [2.45, 2.75) is 4.90 Å². The molecule has 0 atom stereocenters. The quantitative estimate of drug-likeness (QED) is 0.774. The van der Waals surface area contributed by atoms with Crippen LogP contribution in [-0.2, 0) is 10.0 Å². The van der Waals surface area contributed by atoms with Gasteiger partial charge in [-0.25, -0.2) is 12.8 Å². The minimum absolute atomic E-state index is 0.0400. The van der Waals surface area contributed by atoms with Crippen molar-refractivity contribution in [3.05, 3.63) is 58.9 Å². The topological polar surface area (TPSA) is 66.9 Å². The standard InChI is InChI=1S/C18H18ClFN2O4S/c1-26-16-7-6-13(20)12-14(16)18(23)21-8-10-22(11-9-21)27(24,25)17-5-3-2-4-15(17)19/h2-7,12H,8-11H2,1H3. The fraction of sp³-hybridized carbons (Fsp3) is 0.278. The molecule has 2 aromatic rings. The van der Waals surface area contributed by atoms with E-state index in [4.69, 9.17) is 16.3 Å². The summed E-state index contributed by atoms with van der Waals surface area (Å²) in [6, 6.07) is 9.95. The van der Waals surface area contributed by atoms with Crippen LogP contribution in [0.2, 0.25) is 5.02 Å². The Balaban J connectivity index is 1.75. The van der Waals surface area contributed by atoms with Crippen LogP contribution in [0.4, 0.5) is 4.39 Å². The van der Waals surface area contributed by atoms with E-state index in [9.17, 15) is 17.6 Å². The van der Waals surface area contributed by atoms with Crippen molar-refractivity contribution in [2.75, 3.05) is 33.3 Å². The summed E-state index contributed by atoms with van der Waals surface area (Å²) < 4.78 is 45.5. The van der Waals surface area contributed by atoms with Crippen LogP contribution in [0.25, 0.3) is 0 Å². The zero-order chi connectivity index (χ0) is 19.6. The summed E-state index contributed by atoms with van der Waals surface area (Å²) in [6.07, 6.45) is 0. The SMILES string of the molecule is COc1ccc(F)cc1C(=O)N1CCN(S(=O)(=O)c2ccccc2Cl)CC1. The summed E-state index contributed by atoms with van der Waals surface area (Å²) in [5.74, 6) is -0.673. The molecule has 1 fully saturated rings. The first-order chi connectivity index (χ1) is 12.8. The Labute approximate surface area is 162 Å². The van der Waals surface area contributed by atoms with Crippen LogP contribution in [-0.4, -0.2) is 56.8 Å². The molecule has 1 aliphatic heterocycles. The summed E-state index contributed by atoms with van der Waals surface area (Å²) in [5, 5.41) is 0.153. The van der Waals surface area contributed by atoms with Crippen LogP contribution in [0.15, 0.2) is 47.4 Å². The monoisotopic (exact) mass is 412 g/mol. The normalized spacial score (nSPS) is 15.6. The number of nitrogens with zero attached hydrogens (tertiary/aromatic N) is 2. The average molecular weight is 413 g/mol. The van der Waals surface area contributed by atoms with Crippen LogP contribution in [0.1, 0.15) is 10.4 Å². The molecule has 6 nitrogen and oxygen atoms in total. The largest absolute Gasteiger partial charge is 0.496 e. The van der Waals surface area contributed by atoms with Crippen molar-refractivity contribution in [1.82, 2.24) is 9.21 Å². The number of amides is 1. The summed E-state index contributed by atoms with van der Waals surface area (Å²) in [7, 11) is -2.35. The average Bonchev–Trinajstić information content (AvgIpc) is 2.67. The molecule has 144 valence electrons. The van der Waals surface area contributed by atoms with Crippen molar-refractivity contribution in [3.63, 3.8) is 0 Å². The van der Waals surface area contributed by atoms with Crippen LogP contribution in [0.3, 0.4) is 0 Å². The van der Waals surface area contributed by atoms with E-state index in [1.807, 2.05) is 0 Å². The smallest absolute Gasteiger partial charge is 0.257 e. The minimum atomic E-state index is -3.75. The number of ether oxygens (including phenoxy) is 1. The predicted molar refractivity (Wildman–Crippen MR) is 99.1 cm³/mol. The third-order valence-electron chi connectivity index (χ3n) is 4.37. The summed E-state index contributed by atoms with van der Waals surface area (Å²) in [4.78, 5) is 14.2. The van der Waals surface area contributed by atoms with Crippen molar-refractivity contribution in [1.29, 1.82) is 0 Å². The molecule has 1 saturated heterocycles. The molecule has 0 aromatic heterocycles. The van der Waals surface area contributed by atoms with Gasteiger partial charge in [-0.1, -0.05) is 23.7 Å². The number of rotatable bonds is 4. The maximum Gasteiger partial charge on any atom is 0.257 e. The van der Waals surface area contributed by atoms with Gasteiger partial charge in [-0.3, -0.25) is 4.79 Å². The molecular weight excluding hydrogens is 395 g/mol. The molecule has 0 N–H and O–H groups in total. The lowest BCUT2D eigenvalue weighted by atomic mass is 10.1. The van der Waals surface area contributed by atoms with Gasteiger partial charge < -0.3 is 9.64 Å². The molecule has 2 aromatic carbocycles. The number of halogens is 2. The van der Waals surface area contributed by atoms with E-state index in [-0.39, 0.29) is 47.4 Å². The van der Waals surface area contributed by atoms with E-state index in [2.05, 4.69) is 0 Å². The summed E-state index contributed by atoms with van der Waals surface area (Å²) in [6.45, 7) is 0.609. The predicted octanol–water partition coefficient (Wildman–Crippen LogP) is 2.63. The highest BCUT2D eigenvalue weighted by molar-refractivity contribution is 7.89. The van der Waals surface area contributed by atoms with Gasteiger partial charge in [0.1, 0.15) is 16.5 Å². The molecule has 9 heteroatoms. The van der Waals surface area contributed by atoms with E-state index in [1.54, 1.807) is 12.1 Å². The van der Waals surface area contributed by atoms with E-state index in [0.717, 1.165) is 6.07 Å². The highest BCUT2D eigenvalue weighted by atomic mass is 35.5. The molecule has 1 heterocycles. The zero-order valence-electron chi connectivity index (χ0n) is 14.6. The van der Waals surface area contributed by atoms with Crippen LogP contribution in [0.5, 0.6) is 5.75 Å². The first-order valence-electron chi connectivity index (χ1n) is 8.22. The van der Waals surface area contributed by atoms with Gasteiger partial charge >= 0.3 is 0 Å². The van der Waals surface area contributed by atoms with E-state index >= 15 is 0 Å². The number of sulfonamides is 1. The number of methoxy groups -OCH3 is 1. The van der Waals surface area contributed by atoms with E-state index < -0.39 is 21.7 Å². The van der Waals surface area contributed by atoms with Crippen molar-refractivity contribution in [3.8, 4) is 5.75 Å². The second-order valence-corrected chi connectivity index (χ2v) is 8.28. The van der Waals surface area contributed by atoms with Gasteiger partial charge in [0.15, 0.2) is 0 Å². The third kappa shape index (κ3) is 3.92. The lowest BCUT2D eigenvalue weighted by Gasteiger charge is -2.34. The second-order valence-electron chi connectivity index (χ2n) is 5.97. The molecule has 0 radical (unpaired) electrons. The van der Waals surface area contributed by atoms with Crippen molar-refractivity contribution >= 4 is 27.5 Å². The molecule has 0 spiro atoms. The number of benzene rings is 2. The second kappa shape index (κ2) is 7.84. The number of hydrogen-bond acceptors (Lipinski definition) is 4. The molecule has 1 aliphatic rings. The molecule has 0 saturated carbocycles. The first kappa shape index (κ1) is 19.6. The van der Waals surface area contributed by atoms with Gasteiger partial charge in [-0.2, -0.15) is 4.31 Å². The van der Waals surface area contributed by atoms with E-state index in [1.165, 1.54) is 40.6 Å². The summed E-state index contributed by atoms with van der Waals surface area (Å²) >= 11 is 6.02. The molecule has 3 rings (SSSR count). The molecule has 0 aliphatic carbocycles. The highest BCUT2D eigenvalue weighted by Gasteiger charge is 2.32. The Morgan fingerprint density at radius 1 is 1.11 bits per heavy atom. The fourth-order valence-electron chi connectivity index (χ4n) is 2.94. The Kier molecular flexibility index (Phi) is 5.69. The third-order valence-corrected chi connectivity index (χ3v) is 6.77. The van der Waals surface area contributed by atoms with E-state index in [0.29, 0.717) is 0 Å². The Morgan fingerprint density at radius 3 is 2.41 bits per heavy atom. The number of carbonyl (C=O) groups excluding carboxylic acids is 1. The van der Waals surface area contributed by atoms with Gasteiger partial charge in [-0.15, -0.1) is 0 Å². The molecular formula is C18H18ClFN2O4S. The van der Waals surface area contributed by atoms with Gasteiger partial charge in [0.2, 0.25) is 10.0 Å². The van der Waals surface area contributed by atoms with Crippen LogP contribution >= 0.6 is 11.6 Å². The van der Waals surface area contributed by atoms with Crippen LogP contribution < -0.4 is 4.74 Å². The Morgan fingerprint density at radius 2 is 1.78 bits per heavy atom. The van der Waals surface area contributed by atoms with Crippen molar-refractivity contribution < 1.29 is 22.3 Å². The maximum atomic E-state index is 13.5. The Bertz CT molecular complexity index is 960. The first-order valence-corrected chi connectivity index (χ1v) is 10.0. The lowest BCUT2D eigenvalue weighted by Crippen LogP contribution is -2.50. The number of carbonyl (C=O) groups is 1. The maximum absolute atomic E-state index is 13.5. The number of piperazine rings is 1. The van der Waals surface area contributed by atoms with Crippen LogP contribution in [0, 0.1) is 5.82 Å². The minimum Gasteiger partial charge on any atom is -0.496 e. The number of hydrogen-bond donors (Lipinski definition) is 0. The highest BCUT2D eigenvalue weighted by Crippen LogP contribution is 2.26. The molecule has 27 heavy (non-hydrogen) atoms. The molecule has 1 amide bonds. The van der Waals surface area contributed by atoms with Gasteiger partial charge in [0, 0.05) is 26.2 Å². The zero-order valence-corrected chi connectivity index (χ0v) is 16.1. The van der Waals surface area contributed by atoms with Gasteiger partial charge in [0.25, 0.3) is 5.91 Å². The fourth-order valence-corrected chi connectivity index (χ4v) is 4.86. The van der Waals surface area contributed by atoms with Crippen molar-refractivity contribution in [2.24, 2.45) is 0 Å². The Hall–Kier alpha value is -2.16. The van der Waals surface area contributed by atoms with Gasteiger partial charge in [0.05, 0.1) is 17.7 Å². The van der Waals surface area contributed by atoms with Gasteiger partial charge in [-0.05, 0) is 30.3 Å². The lowest BCUT2D eigenvalue weighted by molar-refractivity contribution is 0.0694.